The van der Waals surface area contributed by atoms with Gasteiger partial charge in [0.1, 0.15) is 0 Å². The molecule has 1 atom stereocenters. The highest BCUT2D eigenvalue weighted by Crippen LogP contribution is 2.31. The summed E-state index contributed by atoms with van der Waals surface area (Å²) in [6, 6.07) is 2.83. The van der Waals surface area contributed by atoms with Crippen molar-refractivity contribution < 1.29 is 13.2 Å². The molecule has 1 unspecified atom stereocenters. The van der Waals surface area contributed by atoms with Crippen LogP contribution in [0.2, 0.25) is 0 Å². The van der Waals surface area contributed by atoms with Gasteiger partial charge in [0.25, 0.3) is 15.9 Å². The number of carbonyl (C=O) groups is 1. The molecule has 7 nitrogen and oxygen atoms in total. The van der Waals surface area contributed by atoms with E-state index in [2.05, 4.69) is 19.9 Å². The van der Waals surface area contributed by atoms with Crippen LogP contribution in [0.25, 0.3) is 0 Å². The second-order valence-electron chi connectivity index (χ2n) is 6.20. The maximum Gasteiger partial charge on any atom is 0.257 e. The quantitative estimate of drug-likeness (QED) is 0.792. The van der Waals surface area contributed by atoms with E-state index in [0.29, 0.717) is 23.9 Å². The number of aromatic nitrogens is 1. The Labute approximate surface area is 136 Å². The fourth-order valence-electron chi connectivity index (χ4n) is 3.42. The number of hydrogen-bond acceptors (Lipinski definition) is 5. The van der Waals surface area contributed by atoms with Crippen LogP contribution < -0.4 is 10.0 Å². The van der Waals surface area contributed by atoms with Gasteiger partial charge in [-0.15, -0.1) is 0 Å². The van der Waals surface area contributed by atoms with Gasteiger partial charge in [-0.2, -0.15) is 0 Å². The monoisotopic (exact) mass is 338 g/mol. The van der Waals surface area contributed by atoms with Gasteiger partial charge in [0.15, 0.2) is 5.03 Å². The van der Waals surface area contributed by atoms with Crippen LogP contribution in [0.15, 0.2) is 23.4 Å². The van der Waals surface area contributed by atoms with Crippen molar-refractivity contribution in [1.82, 2.24) is 19.9 Å². The molecule has 126 valence electrons. The van der Waals surface area contributed by atoms with Crippen LogP contribution in [-0.4, -0.2) is 57.4 Å². The van der Waals surface area contributed by atoms with Gasteiger partial charge in [-0.1, -0.05) is 0 Å². The van der Waals surface area contributed by atoms with Gasteiger partial charge in [-0.05, 0) is 56.9 Å². The Morgan fingerprint density at radius 1 is 1.35 bits per heavy atom. The fraction of sp³-hybridized carbons (Fsp3) is 0.600. The molecule has 1 amide bonds. The lowest BCUT2D eigenvalue weighted by molar-refractivity contribution is 0.0496. The number of pyridine rings is 1. The minimum Gasteiger partial charge on any atom is -0.352 e. The highest BCUT2D eigenvalue weighted by molar-refractivity contribution is 7.89. The number of sulfonamides is 1. The van der Waals surface area contributed by atoms with Crippen LogP contribution in [0, 0.1) is 11.8 Å². The summed E-state index contributed by atoms with van der Waals surface area (Å²) in [4.78, 5) is 18.5. The van der Waals surface area contributed by atoms with Crippen molar-refractivity contribution >= 4 is 15.9 Å². The lowest BCUT2D eigenvalue weighted by atomic mass is 9.79. The molecule has 8 heteroatoms. The fourth-order valence-corrected chi connectivity index (χ4v) is 4.07. The van der Waals surface area contributed by atoms with Crippen molar-refractivity contribution in [2.45, 2.75) is 17.9 Å². The number of rotatable bonds is 5. The summed E-state index contributed by atoms with van der Waals surface area (Å²) in [6.45, 7) is 4.08. The van der Waals surface area contributed by atoms with Crippen LogP contribution in [0.1, 0.15) is 23.2 Å². The normalized spacial score (nSPS) is 26.9. The maximum atomic E-state index is 12.2. The van der Waals surface area contributed by atoms with E-state index in [1.54, 1.807) is 0 Å². The van der Waals surface area contributed by atoms with Crippen molar-refractivity contribution in [1.29, 1.82) is 0 Å². The zero-order valence-electron chi connectivity index (χ0n) is 13.2. The number of piperidine rings is 3. The summed E-state index contributed by atoms with van der Waals surface area (Å²) < 4.78 is 25.4. The van der Waals surface area contributed by atoms with E-state index in [1.807, 2.05) is 0 Å². The van der Waals surface area contributed by atoms with Crippen LogP contribution in [0.3, 0.4) is 0 Å². The lowest BCUT2D eigenvalue weighted by Crippen LogP contribution is -2.50. The van der Waals surface area contributed by atoms with Gasteiger partial charge >= 0.3 is 0 Å². The molecule has 23 heavy (non-hydrogen) atoms. The van der Waals surface area contributed by atoms with Crippen LogP contribution in [0.4, 0.5) is 0 Å². The molecule has 0 aromatic carbocycles. The Morgan fingerprint density at radius 3 is 2.61 bits per heavy atom. The van der Waals surface area contributed by atoms with Gasteiger partial charge < -0.3 is 10.2 Å². The molecule has 4 heterocycles. The first kappa shape index (κ1) is 16.4. The third-order valence-corrected chi connectivity index (χ3v) is 6.19. The van der Waals surface area contributed by atoms with Crippen molar-refractivity contribution in [3.8, 4) is 0 Å². The highest BCUT2D eigenvalue weighted by atomic mass is 32.2. The third kappa shape index (κ3) is 3.54. The van der Waals surface area contributed by atoms with Crippen LogP contribution in [-0.2, 0) is 10.0 Å². The van der Waals surface area contributed by atoms with E-state index in [0.717, 1.165) is 6.54 Å². The second kappa shape index (κ2) is 6.54. The molecule has 1 aromatic heterocycles. The van der Waals surface area contributed by atoms with Gasteiger partial charge in [0.05, 0.1) is 5.56 Å². The van der Waals surface area contributed by atoms with E-state index in [1.165, 1.54) is 51.3 Å². The van der Waals surface area contributed by atoms with Crippen LogP contribution >= 0.6 is 0 Å². The van der Waals surface area contributed by atoms with Gasteiger partial charge in [-0.3, -0.25) is 4.79 Å². The summed E-state index contributed by atoms with van der Waals surface area (Å²) in [5, 5.41) is 2.87. The molecule has 2 bridgehead atoms. The molecule has 2 N–H and O–H groups in total. The van der Waals surface area contributed by atoms with Crippen molar-refractivity contribution in [3.63, 3.8) is 0 Å². The van der Waals surface area contributed by atoms with Crippen molar-refractivity contribution in [2.75, 3.05) is 33.2 Å². The molecule has 0 spiro atoms. The Kier molecular flexibility index (Phi) is 4.65. The second-order valence-corrected chi connectivity index (χ2v) is 8.03. The van der Waals surface area contributed by atoms with E-state index >= 15 is 0 Å². The Balaban J connectivity index is 1.58. The minimum absolute atomic E-state index is 0.0889. The molecule has 3 saturated heterocycles. The predicted octanol–water partition coefficient (Wildman–Crippen LogP) is 0.0613. The van der Waals surface area contributed by atoms with Crippen molar-refractivity contribution in [3.05, 3.63) is 23.9 Å². The number of fused-ring (bicyclic) bond motifs is 3. The zero-order chi connectivity index (χ0) is 16.4. The maximum absolute atomic E-state index is 12.2. The average Bonchev–Trinajstić information content (AvgIpc) is 2.61. The molecule has 0 saturated carbocycles. The molecule has 3 aliphatic rings. The number of carbonyl (C=O) groups excluding carboxylic acids is 1. The third-order valence-electron chi connectivity index (χ3n) is 4.86. The summed E-state index contributed by atoms with van der Waals surface area (Å²) in [5.74, 6) is 1.02. The van der Waals surface area contributed by atoms with Gasteiger partial charge in [0.2, 0.25) is 0 Å². The minimum atomic E-state index is -3.57. The highest BCUT2D eigenvalue weighted by Gasteiger charge is 2.34. The number of nitrogens with one attached hydrogen (secondary N) is 2. The molecular formula is C15H22N4O3S. The van der Waals surface area contributed by atoms with E-state index in [-0.39, 0.29) is 10.9 Å². The summed E-state index contributed by atoms with van der Waals surface area (Å²) in [7, 11) is -2.25. The van der Waals surface area contributed by atoms with E-state index < -0.39 is 10.0 Å². The topological polar surface area (TPSA) is 91.4 Å². The Bertz CT molecular complexity index is 666. The van der Waals surface area contributed by atoms with Crippen molar-refractivity contribution in [2.24, 2.45) is 11.8 Å². The molecule has 1 aromatic rings. The Morgan fingerprint density at radius 2 is 2.09 bits per heavy atom. The van der Waals surface area contributed by atoms with E-state index in [9.17, 15) is 13.2 Å². The number of amides is 1. The smallest absolute Gasteiger partial charge is 0.257 e. The SMILES string of the molecule is CNS(=O)(=O)c1ccc(C(=O)NCC2CN3CCC2CC3)cn1. The molecular weight excluding hydrogens is 316 g/mol. The standard InChI is InChI=1S/C15H22N4O3S/c1-16-23(21,22)14-3-2-12(8-17-14)15(20)18-9-13-10-19-6-4-11(13)5-7-19/h2-3,8,11,13,16H,4-7,9-10H2,1H3,(H,18,20). The largest absolute Gasteiger partial charge is 0.352 e. The zero-order valence-corrected chi connectivity index (χ0v) is 14.0. The average molecular weight is 338 g/mol. The molecule has 3 fully saturated rings. The molecule has 3 aliphatic heterocycles. The molecule has 0 radical (unpaired) electrons. The Hall–Kier alpha value is -1.51. The van der Waals surface area contributed by atoms with Gasteiger partial charge in [-0.25, -0.2) is 18.1 Å². The number of nitrogens with zero attached hydrogens (tertiary/aromatic N) is 2. The first-order chi connectivity index (χ1) is 11.0. The first-order valence-corrected chi connectivity index (χ1v) is 9.38. The van der Waals surface area contributed by atoms with Crippen LogP contribution in [0.5, 0.6) is 0 Å². The predicted molar refractivity (Wildman–Crippen MR) is 85.5 cm³/mol. The molecule has 4 rings (SSSR count). The number of hydrogen-bond donors (Lipinski definition) is 2. The summed E-state index contributed by atoms with van der Waals surface area (Å²) in [6.07, 6.45) is 3.74. The lowest BCUT2D eigenvalue weighted by Gasteiger charge is -2.44. The van der Waals surface area contributed by atoms with E-state index in [4.69, 9.17) is 0 Å². The van der Waals surface area contributed by atoms with Gasteiger partial charge in [0, 0.05) is 19.3 Å². The summed E-state index contributed by atoms with van der Waals surface area (Å²) in [5.41, 5.74) is 0.376. The first-order valence-electron chi connectivity index (χ1n) is 7.90. The summed E-state index contributed by atoms with van der Waals surface area (Å²) >= 11 is 0. The molecule has 0 aliphatic carbocycles.